The zero-order valence-electron chi connectivity index (χ0n) is 12.8. The first kappa shape index (κ1) is 14.6. The summed E-state index contributed by atoms with van der Waals surface area (Å²) in [5, 5.41) is 0. The van der Waals surface area contributed by atoms with Crippen LogP contribution in [0.25, 0.3) is 0 Å². The van der Waals surface area contributed by atoms with Crippen LogP contribution in [0.1, 0.15) is 46.6 Å². The highest BCUT2D eigenvalue weighted by Gasteiger charge is 2.33. The Bertz CT molecular complexity index is 413. The molecule has 1 heterocycles. The smallest absolute Gasteiger partial charge is 0.407 e. The fourth-order valence-corrected chi connectivity index (χ4v) is 2.18. The topological polar surface area (TPSA) is 18.5 Å². The van der Waals surface area contributed by atoms with Crippen molar-refractivity contribution in [2.45, 2.75) is 46.5 Å². The average Bonchev–Trinajstić information content (AvgIpc) is 2.39. The van der Waals surface area contributed by atoms with Crippen molar-refractivity contribution in [2.24, 2.45) is 5.41 Å². The van der Waals surface area contributed by atoms with Crippen LogP contribution < -0.4 is 5.46 Å². The first-order valence-electron chi connectivity index (χ1n) is 7.18. The van der Waals surface area contributed by atoms with Crippen LogP contribution >= 0.6 is 0 Å². The minimum Gasteiger partial charge on any atom is -0.407 e. The van der Waals surface area contributed by atoms with E-state index in [0.29, 0.717) is 0 Å². The molecule has 3 heteroatoms. The predicted octanol–water partition coefficient (Wildman–Crippen LogP) is 3.14. The molecule has 0 aromatic heterocycles. The summed E-state index contributed by atoms with van der Waals surface area (Å²) in [6.45, 7) is 12.6. The van der Waals surface area contributed by atoms with Crippen molar-refractivity contribution in [2.75, 3.05) is 13.2 Å². The van der Waals surface area contributed by atoms with Crippen molar-refractivity contribution in [3.63, 3.8) is 0 Å². The third kappa shape index (κ3) is 3.40. The average molecular weight is 260 g/mol. The third-order valence-corrected chi connectivity index (χ3v) is 4.10. The summed E-state index contributed by atoms with van der Waals surface area (Å²) in [6.07, 6.45) is 1.14. The van der Waals surface area contributed by atoms with Crippen LogP contribution in [0.4, 0.5) is 0 Å². The summed E-state index contributed by atoms with van der Waals surface area (Å²) in [5.41, 5.74) is 2.84. The maximum absolute atomic E-state index is 5.81. The molecule has 0 aliphatic carbocycles. The summed E-state index contributed by atoms with van der Waals surface area (Å²) in [5.74, 6) is 0. The SMILES string of the molecule is CCC(C)(C)c1ccc(B2OCC(C)(C)CO2)cc1. The summed E-state index contributed by atoms with van der Waals surface area (Å²) in [7, 11) is -0.202. The summed E-state index contributed by atoms with van der Waals surface area (Å²) in [6, 6.07) is 8.67. The molecule has 104 valence electrons. The first-order valence-corrected chi connectivity index (χ1v) is 7.18. The highest BCUT2D eigenvalue weighted by atomic mass is 16.6. The predicted molar refractivity (Wildman–Crippen MR) is 80.8 cm³/mol. The molecule has 0 saturated carbocycles. The van der Waals surface area contributed by atoms with Crippen molar-refractivity contribution in [3.05, 3.63) is 29.8 Å². The molecule has 1 aliphatic rings. The van der Waals surface area contributed by atoms with Gasteiger partial charge in [-0.2, -0.15) is 0 Å². The van der Waals surface area contributed by atoms with Gasteiger partial charge in [0.25, 0.3) is 0 Å². The molecule has 1 aromatic rings. The molecule has 0 bridgehead atoms. The molecule has 19 heavy (non-hydrogen) atoms. The van der Waals surface area contributed by atoms with E-state index in [9.17, 15) is 0 Å². The number of hydrogen-bond donors (Lipinski definition) is 0. The second kappa shape index (κ2) is 5.30. The van der Waals surface area contributed by atoms with Crippen molar-refractivity contribution in [1.29, 1.82) is 0 Å². The minimum absolute atomic E-state index is 0.126. The van der Waals surface area contributed by atoms with Crippen LogP contribution in [0.15, 0.2) is 24.3 Å². The zero-order chi connectivity index (χ0) is 14.1. The van der Waals surface area contributed by atoms with E-state index in [1.165, 1.54) is 5.56 Å². The van der Waals surface area contributed by atoms with E-state index < -0.39 is 0 Å². The Morgan fingerprint density at radius 2 is 1.63 bits per heavy atom. The van der Waals surface area contributed by atoms with E-state index in [1.54, 1.807) is 0 Å². The Morgan fingerprint density at radius 1 is 1.11 bits per heavy atom. The van der Waals surface area contributed by atoms with Gasteiger partial charge in [-0.25, -0.2) is 0 Å². The molecular formula is C16H25BO2. The fourth-order valence-electron chi connectivity index (χ4n) is 2.18. The molecule has 0 unspecified atom stereocenters. The molecule has 1 saturated heterocycles. The maximum Gasteiger partial charge on any atom is 0.493 e. The Kier molecular flexibility index (Phi) is 4.07. The van der Waals surface area contributed by atoms with Crippen LogP contribution in [-0.4, -0.2) is 20.3 Å². The lowest BCUT2D eigenvalue weighted by Crippen LogP contribution is -2.47. The lowest BCUT2D eigenvalue weighted by atomic mass is 9.74. The Labute approximate surface area is 117 Å². The van der Waals surface area contributed by atoms with Crippen LogP contribution in [0.3, 0.4) is 0 Å². The van der Waals surface area contributed by atoms with Crippen molar-refractivity contribution < 1.29 is 9.31 Å². The summed E-state index contributed by atoms with van der Waals surface area (Å²) >= 11 is 0. The second-order valence-electron chi connectivity index (χ2n) is 6.98. The van der Waals surface area contributed by atoms with Gasteiger partial charge >= 0.3 is 7.12 Å². The molecule has 1 fully saturated rings. The fraction of sp³-hybridized carbons (Fsp3) is 0.625. The number of rotatable bonds is 3. The van der Waals surface area contributed by atoms with Crippen LogP contribution in [0.2, 0.25) is 0 Å². The van der Waals surface area contributed by atoms with Crippen LogP contribution in [-0.2, 0) is 14.7 Å². The molecule has 2 nitrogen and oxygen atoms in total. The quantitative estimate of drug-likeness (QED) is 0.777. The van der Waals surface area contributed by atoms with Crippen LogP contribution in [0, 0.1) is 5.41 Å². The second-order valence-corrected chi connectivity index (χ2v) is 6.98. The zero-order valence-corrected chi connectivity index (χ0v) is 12.8. The van der Waals surface area contributed by atoms with Crippen molar-refractivity contribution in [1.82, 2.24) is 0 Å². The van der Waals surface area contributed by atoms with Gasteiger partial charge in [0.2, 0.25) is 0 Å². The van der Waals surface area contributed by atoms with E-state index in [2.05, 4.69) is 58.9 Å². The first-order chi connectivity index (χ1) is 8.84. The largest absolute Gasteiger partial charge is 0.493 e. The molecule has 2 rings (SSSR count). The van der Waals surface area contributed by atoms with E-state index in [-0.39, 0.29) is 17.9 Å². The summed E-state index contributed by atoms with van der Waals surface area (Å²) in [4.78, 5) is 0. The van der Waals surface area contributed by atoms with Crippen molar-refractivity contribution in [3.8, 4) is 0 Å². The van der Waals surface area contributed by atoms with E-state index >= 15 is 0 Å². The highest BCUT2D eigenvalue weighted by molar-refractivity contribution is 6.61. The molecule has 0 spiro atoms. The van der Waals surface area contributed by atoms with Gasteiger partial charge in [-0.15, -0.1) is 0 Å². The van der Waals surface area contributed by atoms with Gasteiger partial charge in [0.1, 0.15) is 0 Å². The van der Waals surface area contributed by atoms with Crippen molar-refractivity contribution >= 4 is 12.6 Å². The van der Waals surface area contributed by atoms with Gasteiger partial charge in [-0.05, 0) is 22.9 Å². The van der Waals surface area contributed by atoms with Gasteiger partial charge in [-0.1, -0.05) is 58.9 Å². The molecular weight excluding hydrogens is 235 g/mol. The third-order valence-electron chi connectivity index (χ3n) is 4.10. The standard InChI is InChI=1S/C16H25BO2/c1-6-16(4,5)13-7-9-14(10-8-13)17-18-11-15(2,3)12-19-17/h7-10H,6,11-12H2,1-5H3. The Hall–Kier alpha value is -0.795. The molecule has 1 aromatic carbocycles. The van der Waals surface area contributed by atoms with E-state index in [4.69, 9.17) is 9.31 Å². The lowest BCUT2D eigenvalue weighted by molar-refractivity contribution is 0.0343. The van der Waals surface area contributed by atoms with Crippen LogP contribution in [0.5, 0.6) is 0 Å². The van der Waals surface area contributed by atoms with E-state index in [0.717, 1.165) is 25.1 Å². The van der Waals surface area contributed by atoms with E-state index in [1.807, 2.05) is 0 Å². The lowest BCUT2D eigenvalue weighted by Gasteiger charge is -2.33. The molecule has 0 radical (unpaired) electrons. The number of hydrogen-bond acceptors (Lipinski definition) is 2. The minimum atomic E-state index is -0.202. The summed E-state index contributed by atoms with van der Waals surface area (Å²) < 4.78 is 11.6. The molecule has 1 aliphatic heterocycles. The monoisotopic (exact) mass is 260 g/mol. The molecule has 0 N–H and O–H groups in total. The van der Waals surface area contributed by atoms with Gasteiger partial charge in [-0.3, -0.25) is 0 Å². The van der Waals surface area contributed by atoms with Gasteiger partial charge in [0, 0.05) is 18.6 Å². The normalized spacial score (nSPS) is 19.5. The Morgan fingerprint density at radius 3 is 2.11 bits per heavy atom. The molecule has 0 atom stereocenters. The maximum atomic E-state index is 5.81. The highest BCUT2D eigenvalue weighted by Crippen LogP contribution is 2.26. The van der Waals surface area contributed by atoms with Gasteiger partial charge in [0.15, 0.2) is 0 Å². The Balaban J connectivity index is 2.07. The number of benzene rings is 1. The molecule has 0 amide bonds. The van der Waals surface area contributed by atoms with Gasteiger partial charge < -0.3 is 9.31 Å². The van der Waals surface area contributed by atoms with Gasteiger partial charge in [0.05, 0.1) is 0 Å².